The molecule has 0 saturated carbocycles. The Morgan fingerprint density at radius 1 is 1.41 bits per heavy atom. The number of rotatable bonds is 5. The van der Waals surface area contributed by atoms with Gasteiger partial charge in [-0.2, -0.15) is 5.26 Å². The molecule has 2 aromatic rings. The van der Waals surface area contributed by atoms with E-state index in [0.29, 0.717) is 29.2 Å². The molecule has 0 fully saturated rings. The predicted octanol–water partition coefficient (Wildman–Crippen LogP) is 2.10. The van der Waals surface area contributed by atoms with Crippen LogP contribution in [0.1, 0.15) is 43.1 Å². The van der Waals surface area contributed by atoms with E-state index in [0.717, 1.165) is 5.56 Å². The maximum absolute atomic E-state index is 11.2. The molecule has 3 unspecified atom stereocenters. The smallest absolute Gasteiger partial charge is 0.126 e. The average Bonchev–Trinajstić information content (AvgIpc) is 2.66. The van der Waals surface area contributed by atoms with Gasteiger partial charge in [0.15, 0.2) is 0 Å². The van der Waals surface area contributed by atoms with Gasteiger partial charge in [-0.1, -0.05) is 19.1 Å². The summed E-state index contributed by atoms with van der Waals surface area (Å²) >= 11 is 0. The van der Waals surface area contributed by atoms with Gasteiger partial charge in [0.05, 0.1) is 17.7 Å². The topological polar surface area (TPSA) is 103 Å². The number of aliphatic carboxylic acids is 1. The monoisotopic (exact) mass is 366 g/mol. The second kappa shape index (κ2) is 7.29. The molecule has 1 heterocycles. The van der Waals surface area contributed by atoms with E-state index in [1.807, 2.05) is 12.1 Å². The van der Waals surface area contributed by atoms with Crippen molar-refractivity contribution in [1.29, 1.82) is 5.26 Å². The van der Waals surface area contributed by atoms with E-state index >= 15 is 0 Å². The Bertz CT molecular complexity index is 886. The van der Waals surface area contributed by atoms with Crippen LogP contribution in [0.4, 0.5) is 0 Å². The molecule has 0 aromatic heterocycles. The highest BCUT2D eigenvalue weighted by Gasteiger charge is 2.41. The SMILES string of the molecule is CC(C(=O)[O-])C1(C)CC(O)c2cc(OCc3ccc(C#N)cc3)ccc2O1. The lowest BCUT2D eigenvalue weighted by Crippen LogP contribution is -2.50. The van der Waals surface area contributed by atoms with Crippen LogP contribution in [0.25, 0.3) is 0 Å². The molecule has 6 nitrogen and oxygen atoms in total. The van der Waals surface area contributed by atoms with Crippen molar-refractivity contribution in [3.05, 3.63) is 59.2 Å². The number of carbonyl (C=O) groups is 1. The standard InChI is InChI=1S/C21H21NO5/c1-13(20(24)25)21(2)10-18(23)17-9-16(7-8-19(17)27-21)26-12-15-5-3-14(11-22)4-6-15/h3-9,13,18,23H,10,12H2,1-2H3,(H,24,25)/p-1. The third-order valence-electron chi connectivity index (χ3n) is 5.04. The van der Waals surface area contributed by atoms with Crippen molar-refractivity contribution >= 4 is 5.97 Å². The molecule has 0 amide bonds. The minimum atomic E-state index is -1.21. The highest BCUT2D eigenvalue weighted by molar-refractivity contribution is 5.69. The molecule has 1 aliphatic rings. The van der Waals surface area contributed by atoms with Gasteiger partial charge in [0.1, 0.15) is 23.7 Å². The van der Waals surface area contributed by atoms with Gasteiger partial charge in [0.25, 0.3) is 0 Å². The van der Waals surface area contributed by atoms with Crippen LogP contribution in [0, 0.1) is 17.2 Å². The van der Waals surface area contributed by atoms with Crippen molar-refractivity contribution < 1.29 is 24.5 Å². The van der Waals surface area contributed by atoms with Crippen LogP contribution in [0.3, 0.4) is 0 Å². The Balaban J connectivity index is 1.74. The number of fused-ring (bicyclic) bond motifs is 1. The number of hydrogen-bond donors (Lipinski definition) is 1. The first kappa shape index (κ1) is 18.7. The molecule has 3 rings (SSSR count). The van der Waals surface area contributed by atoms with Crippen LogP contribution >= 0.6 is 0 Å². The number of carboxylic acid groups (broad SMARTS) is 1. The van der Waals surface area contributed by atoms with Gasteiger partial charge in [-0.3, -0.25) is 0 Å². The lowest BCUT2D eigenvalue weighted by Gasteiger charge is -2.42. The zero-order valence-corrected chi connectivity index (χ0v) is 15.1. The van der Waals surface area contributed by atoms with Crippen LogP contribution < -0.4 is 14.6 Å². The zero-order valence-electron chi connectivity index (χ0n) is 15.1. The van der Waals surface area contributed by atoms with Gasteiger partial charge in [-0.05, 0) is 42.8 Å². The number of carboxylic acids is 1. The maximum atomic E-state index is 11.2. The van der Waals surface area contributed by atoms with E-state index < -0.39 is 23.6 Å². The van der Waals surface area contributed by atoms with Crippen molar-refractivity contribution in [3.8, 4) is 17.6 Å². The van der Waals surface area contributed by atoms with Crippen LogP contribution in [-0.2, 0) is 11.4 Å². The first-order chi connectivity index (χ1) is 12.8. The van der Waals surface area contributed by atoms with E-state index in [1.165, 1.54) is 6.92 Å². The molecule has 1 aliphatic heterocycles. The number of nitriles is 1. The molecule has 0 radical (unpaired) electrons. The van der Waals surface area contributed by atoms with Gasteiger partial charge >= 0.3 is 0 Å². The number of ether oxygens (including phenoxy) is 2. The summed E-state index contributed by atoms with van der Waals surface area (Å²) in [5.41, 5.74) is 1.02. The number of aliphatic hydroxyl groups is 1. The highest BCUT2D eigenvalue weighted by Crippen LogP contribution is 2.44. The summed E-state index contributed by atoms with van der Waals surface area (Å²) < 4.78 is 11.7. The Hall–Kier alpha value is -3.04. The second-order valence-electron chi connectivity index (χ2n) is 6.97. The molecule has 0 aliphatic carbocycles. The van der Waals surface area contributed by atoms with Crippen LogP contribution in [0.2, 0.25) is 0 Å². The van der Waals surface area contributed by atoms with Gasteiger partial charge < -0.3 is 24.5 Å². The molecule has 0 saturated heterocycles. The zero-order chi connectivity index (χ0) is 19.6. The van der Waals surface area contributed by atoms with E-state index in [2.05, 4.69) is 6.07 Å². The van der Waals surface area contributed by atoms with Gasteiger partial charge in [0, 0.05) is 23.9 Å². The molecule has 6 heteroatoms. The van der Waals surface area contributed by atoms with Crippen molar-refractivity contribution in [2.45, 2.75) is 38.6 Å². The Morgan fingerprint density at radius 3 is 2.74 bits per heavy atom. The maximum Gasteiger partial charge on any atom is 0.126 e. The quantitative estimate of drug-likeness (QED) is 0.869. The van der Waals surface area contributed by atoms with Crippen molar-refractivity contribution in [3.63, 3.8) is 0 Å². The molecular formula is C21H20NO5-. The summed E-state index contributed by atoms with van der Waals surface area (Å²) in [6.07, 6.45) is -0.715. The van der Waals surface area contributed by atoms with Crippen LogP contribution in [-0.4, -0.2) is 16.7 Å². The minimum absolute atomic E-state index is 0.147. The van der Waals surface area contributed by atoms with Gasteiger partial charge in [-0.15, -0.1) is 0 Å². The first-order valence-corrected chi connectivity index (χ1v) is 8.66. The molecule has 0 bridgehead atoms. The number of aliphatic hydroxyl groups excluding tert-OH is 1. The molecule has 140 valence electrons. The summed E-state index contributed by atoms with van der Waals surface area (Å²) in [6, 6.07) is 14.2. The fourth-order valence-electron chi connectivity index (χ4n) is 3.11. The molecular weight excluding hydrogens is 346 g/mol. The summed E-state index contributed by atoms with van der Waals surface area (Å²) in [7, 11) is 0. The summed E-state index contributed by atoms with van der Waals surface area (Å²) in [6.45, 7) is 3.50. The van der Waals surface area contributed by atoms with Crippen LogP contribution in [0.5, 0.6) is 11.5 Å². The number of nitrogens with zero attached hydrogens (tertiary/aromatic N) is 1. The number of benzene rings is 2. The molecule has 3 atom stereocenters. The number of carbonyl (C=O) groups excluding carboxylic acids is 1. The predicted molar refractivity (Wildman–Crippen MR) is 94.7 cm³/mol. The van der Waals surface area contributed by atoms with E-state index in [1.54, 1.807) is 37.3 Å². The molecule has 2 aromatic carbocycles. The average molecular weight is 366 g/mol. The van der Waals surface area contributed by atoms with E-state index in [-0.39, 0.29) is 6.42 Å². The fourth-order valence-corrected chi connectivity index (χ4v) is 3.11. The van der Waals surface area contributed by atoms with Crippen molar-refractivity contribution in [2.24, 2.45) is 5.92 Å². The Morgan fingerprint density at radius 2 is 2.11 bits per heavy atom. The minimum Gasteiger partial charge on any atom is -0.550 e. The largest absolute Gasteiger partial charge is 0.550 e. The van der Waals surface area contributed by atoms with Gasteiger partial charge in [-0.25, -0.2) is 0 Å². The number of hydrogen-bond acceptors (Lipinski definition) is 6. The lowest BCUT2D eigenvalue weighted by molar-refractivity contribution is -0.316. The first-order valence-electron chi connectivity index (χ1n) is 8.66. The normalized spacial score (nSPS) is 22.1. The molecule has 0 spiro atoms. The van der Waals surface area contributed by atoms with E-state index in [4.69, 9.17) is 14.7 Å². The third kappa shape index (κ3) is 3.88. The Kier molecular flexibility index (Phi) is 5.06. The van der Waals surface area contributed by atoms with Crippen LogP contribution in [0.15, 0.2) is 42.5 Å². The summed E-state index contributed by atoms with van der Waals surface area (Å²) in [5, 5.41) is 30.6. The Labute approximate surface area is 157 Å². The second-order valence-corrected chi connectivity index (χ2v) is 6.97. The lowest BCUT2D eigenvalue weighted by atomic mass is 9.81. The summed E-state index contributed by atoms with van der Waals surface area (Å²) in [4.78, 5) is 11.2. The molecule has 27 heavy (non-hydrogen) atoms. The highest BCUT2D eigenvalue weighted by atomic mass is 16.5. The van der Waals surface area contributed by atoms with Gasteiger partial charge in [0.2, 0.25) is 0 Å². The fraction of sp³-hybridized carbons (Fsp3) is 0.333. The van der Waals surface area contributed by atoms with Crippen molar-refractivity contribution in [1.82, 2.24) is 0 Å². The van der Waals surface area contributed by atoms with E-state index in [9.17, 15) is 15.0 Å². The third-order valence-corrected chi connectivity index (χ3v) is 5.04. The molecule has 1 N–H and O–H groups in total. The van der Waals surface area contributed by atoms with Crippen molar-refractivity contribution in [2.75, 3.05) is 0 Å². The summed E-state index contributed by atoms with van der Waals surface area (Å²) in [5.74, 6) is -1.07.